The molecule has 1 aliphatic heterocycles. The molecule has 56 valence electrons. The first kappa shape index (κ1) is 7.28. The Morgan fingerprint density at radius 1 is 1.70 bits per heavy atom. The van der Waals surface area contributed by atoms with E-state index in [9.17, 15) is 4.79 Å². The first-order valence-corrected chi connectivity index (χ1v) is 3.41. The van der Waals surface area contributed by atoms with Crippen LogP contribution < -0.4 is 0 Å². The second-order valence-electron chi connectivity index (χ2n) is 2.26. The number of amides is 1. The Kier molecular flexibility index (Phi) is 2.45. The third kappa shape index (κ3) is 1.57. The van der Waals surface area contributed by atoms with E-state index in [4.69, 9.17) is 5.11 Å². The number of likely N-dealkylation sites (tertiary alicyclic amines) is 1. The van der Waals surface area contributed by atoms with Crippen molar-refractivity contribution in [3.05, 3.63) is 12.3 Å². The van der Waals surface area contributed by atoms with E-state index in [-0.39, 0.29) is 12.5 Å². The van der Waals surface area contributed by atoms with Gasteiger partial charge in [0.25, 0.3) is 0 Å². The molecule has 1 rings (SSSR count). The summed E-state index contributed by atoms with van der Waals surface area (Å²) in [6, 6.07) is 0. The van der Waals surface area contributed by atoms with Crippen LogP contribution in [0.1, 0.15) is 12.8 Å². The molecule has 0 bridgehead atoms. The predicted molar refractivity (Wildman–Crippen MR) is 37.2 cm³/mol. The maximum absolute atomic E-state index is 10.9. The number of rotatable bonds is 2. The zero-order valence-electron chi connectivity index (χ0n) is 5.79. The molecule has 0 aromatic carbocycles. The predicted octanol–water partition coefficient (Wildman–Crippen LogP) is 0.115. The Labute approximate surface area is 59.9 Å². The second kappa shape index (κ2) is 3.37. The number of aliphatic hydroxyl groups excluding tert-OH is 1. The van der Waals surface area contributed by atoms with Gasteiger partial charge in [-0.25, -0.2) is 0 Å². The summed E-state index contributed by atoms with van der Waals surface area (Å²) in [5, 5.41) is 8.39. The van der Waals surface area contributed by atoms with Gasteiger partial charge in [-0.1, -0.05) is 0 Å². The Bertz CT molecular complexity index is 154. The minimum absolute atomic E-state index is 0.00375. The van der Waals surface area contributed by atoms with Crippen LogP contribution in [0, 0.1) is 0 Å². The van der Waals surface area contributed by atoms with Gasteiger partial charge in [0.15, 0.2) is 0 Å². The van der Waals surface area contributed by atoms with E-state index >= 15 is 0 Å². The van der Waals surface area contributed by atoms with Crippen LogP contribution in [-0.2, 0) is 4.79 Å². The van der Waals surface area contributed by atoms with E-state index < -0.39 is 0 Å². The summed E-state index contributed by atoms with van der Waals surface area (Å²) in [5.74, 6) is 0.157. The first-order chi connectivity index (χ1) is 4.84. The Morgan fingerprint density at radius 2 is 2.50 bits per heavy atom. The monoisotopic (exact) mass is 141 g/mol. The highest BCUT2D eigenvalue weighted by molar-refractivity contribution is 5.79. The molecule has 1 saturated heterocycles. The minimum Gasteiger partial charge on any atom is -0.392 e. The SMILES string of the molecule is O=C1CCCN1/C=C/CO. The van der Waals surface area contributed by atoms with Gasteiger partial charge in [0, 0.05) is 19.2 Å². The van der Waals surface area contributed by atoms with Gasteiger partial charge >= 0.3 is 0 Å². The normalized spacial score (nSPS) is 19.3. The van der Waals surface area contributed by atoms with Crippen molar-refractivity contribution in [3.63, 3.8) is 0 Å². The van der Waals surface area contributed by atoms with Crippen LogP contribution in [0.15, 0.2) is 12.3 Å². The van der Waals surface area contributed by atoms with Crippen molar-refractivity contribution in [3.8, 4) is 0 Å². The van der Waals surface area contributed by atoms with Crippen LogP contribution in [0.3, 0.4) is 0 Å². The largest absolute Gasteiger partial charge is 0.392 e. The van der Waals surface area contributed by atoms with Crippen molar-refractivity contribution in [2.24, 2.45) is 0 Å². The lowest BCUT2D eigenvalue weighted by atomic mass is 10.4. The molecule has 0 aromatic heterocycles. The van der Waals surface area contributed by atoms with Gasteiger partial charge in [-0.2, -0.15) is 0 Å². The van der Waals surface area contributed by atoms with Crippen molar-refractivity contribution in [2.45, 2.75) is 12.8 Å². The maximum atomic E-state index is 10.9. The fourth-order valence-electron chi connectivity index (χ4n) is 1.00. The molecule has 1 amide bonds. The summed E-state index contributed by atoms with van der Waals surface area (Å²) in [4.78, 5) is 12.5. The summed E-state index contributed by atoms with van der Waals surface area (Å²) in [7, 11) is 0. The van der Waals surface area contributed by atoms with Gasteiger partial charge in [-0.05, 0) is 12.5 Å². The average Bonchev–Trinajstić information content (AvgIpc) is 2.31. The molecule has 0 saturated carbocycles. The van der Waals surface area contributed by atoms with E-state index in [0.29, 0.717) is 6.42 Å². The summed E-state index contributed by atoms with van der Waals surface area (Å²) in [5.41, 5.74) is 0. The van der Waals surface area contributed by atoms with Crippen molar-refractivity contribution in [2.75, 3.05) is 13.2 Å². The highest BCUT2D eigenvalue weighted by atomic mass is 16.2. The van der Waals surface area contributed by atoms with Crippen LogP contribution in [0.5, 0.6) is 0 Å². The minimum atomic E-state index is 0.00375. The van der Waals surface area contributed by atoms with Crippen LogP contribution in [0.4, 0.5) is 0 Å². The van der Waals surface area contributed by atoms with Gasteiger partial charge in [0.05, 0.1) is 6.61 Å². The van der Waals surface area contributed by atoms with Crippen molar-refractivity contribution >= 4 is 5.91 Å². The lowest BCUT2D eigenvalue weighted by molar-refractivity contribution is -0.125. The smallest absolute Gasteiger partial charge is 0.226 e. The molecule has 3 nitrogen and oxygen atoms in total. The van der Waals surface area contributed by atoms with E-state index in [1.54, 1.807) is 17.2 Å². The molecule has 0 aliphatic carbocycles. The third-order valence-corrected chi connectivity index (χ3v) is 1.50. The fourth-order valence-corrected chi connectivity index (χ4v) is 1.00. The van der Waals surface area contributed by atoms with Crippen molar-refractivity contribution < 1.29 is 9.90 Å². The molecular formula is C7H11NO2. The fraction of sp³-hybridized carbons (Fsp3) is 0.571. The summed E-state index contributed by atoms with van der Waals surface area (Å²) in [6.07, 6.45) is 4.81. The highest BCUT2D eigenvalue weighted by Gasteiger charge is 2.16. The summed E-state index contributed by atoms with van der Waals surface area (Å²) >= 11 is 0. The molecule has 0 spiro atoms. The molecule has 0 unspecified atom stereocenters. The Balaban J connectivity index is 2.40. The molecule has 0 radical (unpaired) electrons. The number of carbonyl (C=O) groups excluding carboxylic acids is 1. The van der Waals surface area contributed by atoms with Gasteiger partial charge in [-0.15, -0.1) is 0 Å². The maximum Gasteiger partial charge on any atom is 0.226 e. The average molecular weight is 141 g/mol. The second-order valence-corrected chi connectivity index (χ2v) is 2.26. The topological polar surface area (TPSA) is 40.5 Å². The first-order valence-electron chi connectivity index (χ1n) is 3.41. The number of carbonyl (C=O) groups is 1. The summed E-state index contributed by atoms with van der Waals surface area (Å²) in [6.45, 7) is 0.805. The lowest BCUT2D eigenvalue weighted by Gasteiger charge is -2.06. The van der Waals surface area contributed by atoms with Crippen LogP contribution in [0.2, 0.25) is 0 Å². The van der Waals surface area contributed by atoms with Gasteiger partial charge in [0.1, 0.15) is 0 Å². The number of hydrogen-bond donors (Lipinski definition) is 1. The van der Waals surface area contributed by atoms with Crippen molar-refractivity contribution in [1.29, 1.82) is 0 Å². The molecule has 10 heavy (non-hydrogen) atoms. The molecule has 1 aliphatic rings. The van der Waals surface area contributed by atoms with E-state index in [0.717, 1.165) is 13.0 Å². The Hall–Kier alpha value is -0.830. The zero-order chi connectivity index (χ0) is 7.40. The van der Waals surface area contributed by atoms with E-state index in [2.05, 4.69) is 0 Å². The van der Waals surface area contributed by atoms with Crippen LogP contribution >= 0.6 is 0 Å². The zero-order valence-corrected chi connectivity index (χ0v) is 5.79. The van der Waals surface area contributed by atoms with Crippen LogP contribution in [-0.4, -0.2) is 29.1 Å². The van der Waals surface area contributed by atoms with E-state index in [1.807, 2.05) is 0 Å². The lowest BCUT2D eigenvalue weighted by Crippen LogP contribution is -2.17. The quantitative estimate of drug-likeness (QED) is 0.593. The molecule has 1 N–H and O–H groups in total. The molecular weight excluding hydrogens is 130 g/mol. The Morgan fingerprint density at radius 3 is 3.00 bits per heavy atom. The van der Waals surface area contributed by atoms with Gasteiger partial charge in [-0.3, -0.25) is 4.79 Å². The standard InChI is InChI=1S/C7H11NO2/c9-6-2-5-8-4-1-3-7(8)10/h2,5,9H,1,3-4,6H2/b5-2+. The molecule has 0 atom stereocenters. The van der Waals surface area contributed by atoms with Gasteiger partial charge in [0.2, 0.25) is 5.91 Å². The van der Waals surface area contributed by atoms with Gasteiger partial charge < -0.3 is 10.0 Å². The third-order valence-electron chi connectivity index (χ3n) is 1.50. The van der Waals surface area contributed by atoms with E-state index in [1.165, 1.54) is 0 Å². The molecule has 0 aromatic rings. The summed E-state index contributed by atoms with van der Waals surface area (Å²) < 4.78 is 0. The number of aliphatic hydroxyl groups is 1. The number of hydrogen-bond acceptors (Lipinski definition) is 2. The molecule has 1 fully saturated rings. The number of nitrogens with zero attached hydrogens (tertiary/aromatic N) is 1. The molecule has 3 heteroatoms. The van der Waals surface area contributed by atoms with Crippen LogP contribution in [0.25, 0.3) is 0 Å². The van der Waals surface area contributed by atoms with Crippen molar-refractivity contribution in [1.82, 2.24) is 4.90 Å². The highest BCUT2D eigenvalue weighted by Crippen LogP contribution is 2.08. The molecule has 1 heterocycles.